The number of furan rings is 1. The lowest BCUT2D eigenvalue weighted by atomic mass is 9.55. The van der Waals surface area contributed by atoms with E-state index < -0.39 is 6.10 Å². The summed E-state index contributed by atoms with van der Waals surface area (Å²) in [4.78, 5) is 28.4. The van der Waals surface area contributed by atoms with Crippen molar-refractivity contribution in [3.05, 3.63) is 35.8 Å². The Bertz CT molecular complexity index is 873. The normalized spacial score (nSPS) is 38.3. The minimum atomic E-state index is -0.564. The number of nitrogens with one attached hydrogen (secondary N) is 1. The topological polar surface area (TPSA) is 84.4 Å². The first-order valence-electron chi connectivity index (χ1n) is 11.6. The van der Waals surface area contributed by atoms with Crippen LogP contribution in [0, 0.1) is 23.2 Å². The van der Waals surface area contributed by atoms with E-state index in [4.69, 9.17) is 9.15 Å². The summed E-state index contributed by atoms with van der Waals surface area (Å²) >= 11 is 0. The molecule has 0 aromatic carbocycles. The highest BCUT2D eigenvalue weighted by Gasteiger charge is 2.60. The number of piperazine rings is 1. The molecule has 3 fully saturated rings. The Labute approximate surface area is 183 Å². The summed E-state index contributed by atoms with van der Waals surface area (Å²) < 4.78 is 11.0. The van der Waals surface area contributed by atoms with Crippen LogP contribution in [0.15, 0.2) is 34.5 Å². The van der Waals surface area contributed by atoms with Crippen LogP contribution in [-0.2, 0) is 9.53 Å². The number of allylic oxidation sites excluding steroid dienone is 1. The van der Waals surface area contributed by atoms with Gasteiger partial charge in [-0.1, -0.05) is 25.5 Å². The lowest BCUT2D eigenvalue weighted by Crippen LogP contribution is -3.15. The fourth-order valence-electron chi connectivity index (χ4n) is 6.39. The number of carbonyl (C=O) groups is 2. The van der Waals surface area contributed by atoms with Crippen molar-refractivity contribution in [3.8, 4) is 0 Å². The maximum atomic E-state index is 12.8. The summed E-state index contributed by atoms with van der Waals surface area (Å²) in [7, 11) is 0. The molecule has 0 unspecified atom stereocenters. The van der Waals surface area contributed by atoms with Crippen LogP contribution in [-0.4, -0.2) is 66.8 Å². The quantitative estimate of drug-likeness (QED) is 0.551. The Balaban J connectivity index is 1.26. The van der Waals surface area contributed by atoms with Crippen molar-refractivity contribution in [2.24, 2.45) is 23.2 Å². The maximum absolute atomic E-state index is 12.8. The first-order valence-corrected chi connectivity index (χ1v) is 11.6. The minimum Gasteiger partial charge on any atom is -0.461 e. The van der Waals surface area contributed by atoms with Crippen molar-refractivity contribution in [1.82, 2.24) is 4.90 Å². The number of rotatable bonds is 3. The number of esters is 1. The van der Waals surface area contributed by atoms with E-state index in [0.717, 1.165) is 32.4 Å². The molecule has 31 heavy (non-hydrogen) atoms. The molecule has 0 radical (unpaired) electrons. The van der Waals surface area contributed by atoms with E-state index in [9.17, 15) is 14.7 Å². The van der Waals surface area contributed by atoms with Crippen LogP contribution < -0.4 is 4.90 Å². The summed E-state index contributed by atoms with van der Waals surface area (Å²) in [6.07, 6.45) is 5.88. The van der Waals surface area contributed by atoms with Gasteiger partial charge in [-0.15, -0.1) is 0 Å². The third-order valence-electron chi connectivity index (χ3n) is 8.57. The minimum absolute atomic E-state index is 0.0781. The SMILES string of the molecule is C[C@H]1CCC=C2C[C@H]3OC(=O)[C@H](C[NH+]4CCN(C(=O)c5ccco5)CC4)[C@H]3[C@H](O)[C@@]21C. The summed E-state index contributed by atoms with van der Waals surface area (Å²) in [6, 6.07) is 3.41. The first kappa shape index (κ1) is 20.8. The molecule has 2 saturated heterocycles. The van der Waals surface area contributed by atoms with Gasteiger partial charge in [0, 0.05) is 17.8 Å². The number of amides is 1. The van der Waals surface area contributed by atoms with E-state index in [-0.39, 0.29) is 35.2 Å². The van der Waals surface area contributed by atoms with Gasteiger partial charge in [0.2, 0.25) is 0 Å². The van der Waals surface area contributed by atoms with E-state index >= 15 is 0 Å². The van der Waals surface area contributed by atoms with E-state index in [2.05, 4.69) is 19.9 Å². The van der Waals surface area contributed by atoms with Crippen molar-refractivity contribution in [2.75, 3.05) is 32.7 Å². The molecule has 7 heteroatoms. The van der Waals surface area contributed by atoms with Crippen molar-refractivity contribution in [1.29, 1.82) is 0 Å². The Hall–Kier alpha value is -2.12. The fourth-order valence-corrected chi connectivity index (χ4v) is 6.39. The monoisotopic (exact) mass is 429 g/mol. The predicted molar refractivity (Wildman–Crippen MR) is 112 cm³/mol. The molecule has 1 saturated carbocycles. The van der Waals surface area contributed by atoms with Crippen LogP contribution in [0.2, 0.25) is 0 Å². The van der Waals surface area contributed by atoms with Crippen LogP contribution in [0.3, 0.4) is 0 Å². The number of fused-ring (bicyclic) bond motifs is 2. The molecule has 168 valence electrons. The molecule has 4 aliphatic rings. The second-order valence-corrected chi connectivity index (χ2v) is 10.0. The lowest BCUT2D eigenvalue weighted by molar-refractivity contribution is -0.906. The van der Waals surface area contributed by atoms with E-state index in [0.29, 0.717) is 31.3 Å². The molecular weight excluding hydrogens is 396 g/mol. The molecule has 7 nitrogen and oxygen atoms in total. The smallest absolute Gasteiger partial charge is 0.315 e. The number of ether oxygens (including phenoxy) is 1. The van der Waals surface area contributed by atoms with Crippen molar-refractivity contribution < 1.29 is 28.7 Å². The lowest BCUT2D eigenvalue weighted by Gasteiger charge is -2.51. The first-order chi connectivity index (χ1) is 14.9. The maximum Gasteiger partial charge on any atom is 0.315 e. The highest BCUT2D eigenvalue weighted by atomic mass is 16.6. The molecule has 6 atom stereocenters. The van der Waals surface area contributed by atoms with Gasteiger partial charge in [-0.3, -0.25) is 9.59 Å². The Morgan fingerprint density at radius 1 is 1.35 bits per heavy atom. The number of quaternary nitrogens is 1. The fraction of sp³-hybridized carbons (Fsp3) is 0.667. The number of nitrogens with zero attached hydrogens (tertiary/aromatic N) is 1. The van der Waals surface area contributed by atoms with Crippen LogP contribution in [0.25, 0.3) is 0 Å². The van der Waals surface area contributed by atoms with Crippen molar-refractivity contribution >= 4 is 11.9 Å². The number of aliphatic hydroxyl groups is 1. The molecular formula is C24H33N2O5+. The predicted octanol–water partition coefficient (Wildman–Crippen LogP) is 0.905. The molecule has 2 N–H and O–H groups in total. The molecule has 0 bridgehead atoms. The van der Waals surface area contributed by atoms with Crippen molar-refractivity contribution in [2.45, 2.75) is 45.3 Å². The highest BCUT2D eigenvalue weighted by molar-refractivity contribution is 5.91. The Morgan fingerprint density at radius 3 is 2.84 bits per heavy atom. The Morgan fingerprint density at radius 2 is 2.13 bits per heavy atom. The highest BCUT2D eigenvalue weighted by Crippen LogP contribution is 2.55. The van der Waals surface area contributed by atoms with Crippen LogP contribution in [0.4, 0.5) is 0 Å². The van der Waals surface area contributed by atoms with Gasteiger partial charge < -0.3 is 24.1 Å². The Kier molecular flexibility index (Phi) is 5.21. The molecule has 0 spiro atoms. The van der Waals surface area contributed by atoms with Gasteiger partial charge >= 0.3 is 5.97 Å². The van der Waals surface area contributed by atoms with E-state index in [1.165, 1.54) is 16.7 Å². The van der Waals surface area contributed by atoms with Crippen molar-refractivity contribution in [3.63, 3.8) is 0 Å². The number of hydrogen-bond donors (Lipinski definition) is 2. The average Bonchev–Trinajstić information content (AvgIpc) is 3.39. The second-order valence-electron chi connectivity index (χ2n) is 10.0. The molecule has 2 aliphatic carbocycles. The summed E-state index contributed by atoms with van der Waals surface area (Å²) in [5.74, 6) is 0.0927. The van der Waals surface area contributed by atoms with Gasteiger partial charge in [0.05, 0.1) is 45.1 Å². The third kappa shape index (κ3) is 3.33. The zero-order valence-electron chi connectivity index (χ0n) is 18.4. The number of aliphatic hydroxyl groups excluding tert-OH is 1. The number of hydrogen-bond acceptors (Lipinski definition) is 5. The third-order valence-corrected chi connectivity index (χ3v) is 8.57. The molecule has 1 aromatic heterocycles. The molecule has 2 aliphatic heterocycles. The van der Waals surface area contributed by atoms with Gasteiger partial charge in [-0.25, -0.2) is 0 Å². The second kappa shape index (κ2) is 7.78. The van der Waals surface area contributed by atoms with Gasteiger partial charge in [-0.05, 0) is 30.9 Å². The van der Waals surface area contributed by atoms with Crippen LogP contribution >= 0.6 is 0 Å². The van der Waals surface area contributed by atoms with Gasteiger partial charge in [0.25, 0.3) is 5.91 Å². The van der Waals surface area contributed by atoms with Crippen LogP contribution in [0.1, 0.15) is 43.7 Å². The molecule has 5 rings (SSSR count). The van der Waals surface area contributed by atoms with Gasteiger partial charge in [0.15, 0.2) is 5.76 Å². The van der Waals surface area contributed by atoms with Gasteiger partial charge in [0.1, 0.15) is 12.0 Å². The summed E-state index contributed by atoms with van der Waals surface area (Å²) in [6.45, 7) is 7.89. The summed E-state index contributed by atoms with van der Waals surface area (Å²) in [5.41, 5.74) is 1.00. The number of carbonyl (C=O) groups excluding carboxylic acids is 2. The molecule has 1 amide bonds. The van der Waals surface area contributed by atoms with E-state index in [1.807, 2.05) is 4.90 Å². The zero-order chi connectivity index (χ0) is 21.8. The van der Waals surface area contributed by atoms with E-state index in [1.54, 1.807) is 12.1 Å². The van der Waals surface area contributed by atoms with Gasteiger partial charge in [-0.2, -0.15) is 0 Å². The summed E-state index contributed by atoms with van der Waals surface area (Å²) in [5, 5.41) is 11.5. The van der Waals surface area contributed by atoms with Crippen LogP contribution in [0.5, 0.6) is 0 Å². The largest absolute Gasteiger partial charge is 0.461 e. The molecule has 3 heterocycles. The average molecular weight is 430 g/mol. The standard InChI is InChI=1S/C24H32N2O5/c1-15-5-3-6-16-13-19-20(21(27)24(15,16)2)17(23(29)31-19)14-25-8-10-26(11-9-25)22(28)18-7-4-12-30-18/h4,6-7,12,15,17,19-21,27H,3,5,8-11,13-14H2,1-2H3/p+1/t15-,17+,19+,20+,21-,24+/m0/s1. The molecule has 1 aromatic rings. The zero-order valence-corrected chi connectivity index (χ0v) is 18.4.